The zero-order valence-corrected chi connectivity index (χ0v) is 19.8. The van der Waals surface area contributed by atoms with Gasteiger partial charge in [-0.3, -0.25) is 4.79 Å². The van der Waals surface area contributed by atoms with Gasteiger partial charge in [-0.2, -0.15) is 0 Å². The maximum Gasteiger partial charge on any atom is 0.335 e. The van der Waals surface area contributed by atoms with E-state index in [2.05, 4.69) is 6.92 Å². The fraction of sp³-hybridized carbons (Fsp3) is 0.769. The van der Waals surface area contributed by atoms with Crippen molar-refractivity contribution in [3.8, 4) is 0 Å². The molecule has 6 rings (SSSR count). The van der Waals surface area contributed by atoms with Gasteiger partial charge in [0.1, 0.15) is 17.8 Å². The van der Waals surface area contributed by atoms with Crippen LogP contribution < -0.4 is 5.63 Å². The zero-order valence-electron chi connectivity index (χ0n) is 19.8. The summed E-state index contributed by atoms with van der Waals surface area (Å²) in [6.45, 7) is 5.61. The van der Waals surface area contributed by atoms with Crippen LogP contribution in [-0.4, -0.2) is 57.4 Å². The molecule has 1 aromatic heterocycles. The van der Waals surface area contributed by atoms with Gasteiger partial charge in [-0.15, -0.1) is 0 Å². The van der Waals surface area contributed by atoms with Crippen LogP contribution in [-0.2, 0) is 14.3 Å². The highest BCUT2D eigenvalue weighted by Gasteiger charge is 2.87. The second kappa shape index (κ2) is 7.15. The van der Waals surface area contributed by atoms with Crippen LogP contribution in [0, 0.1) is 28.6 Å². The monoisotopic (exact) mass is 474 g/mol. The third-order valence-corrected chi connectivity index (χ3v) is 10.7. The van der Waals surface area contributed by atoms with E-state index in [4.69, 9.17) is 13.9 Å². The molecule has 34 heavy (non-hydrogen) atoms. The van der Waals surface area contributed by atoms with Crippen molar-refractivity contribution < 1.29 is 34.0 Å². The van der Waals surface area contributed by atoms with Crippen LogP contribution in [0.3, 0.4) is 0 Å². The lowest BCUT2D eigenvalue weighted by atomic mass is 9.43. The Bertz CT molecular complexity index is 1050. The van der Waals surface area contributed by atoms with Crippen molar-refractivity contribution in [2.45, 2.75) is 94.9 Å². The molecule has 4 aliphatic carbocycles. The maximum absolute atomic E-state index is 12.1. The number of esters is 1. The van der Waals surface area contributed by atoms with Crippen LogP contribution in [0.25, 0.3) is 0 Å². The van der Waals surface area contributed by atoms with Crippen molar-refractivity contribution in [2.24, 2.45) is 28.6 Å². The summed E-state index contributed by atoms with van der Waals surface area (Å²) in [5, 5.41) is 33.0. The van der Waals surface area contributed by atoms with Gasteiger partial charge in [0, 0.05) is 24.3 Å². The second-order valence-corrected chi connectivity index (χ2v) is 11.8. The molecule has 0 aromatic carbocycles. The van der Waals surface area contributed by atoms with Gasteiger partial charge >= 0.3 is 11.6 Å². The van der Waals surface area contributed by atoms with Crippen molar-refractivity contribution in [3.05, 3.63) is 34.4 Å². The van der Waals surface area contributed by atoms with Crippen molar-refractivity contribution >= 4 is 5.97 Å². The molecule has 1 aliphatic heterocycles. The van der Waals surface area contributed by atoms with Gasteiger partial charge in [-0.05, 0) is 66.9 Å². The van der Waals surface area contributed by atoms with Crippen LogP contribution in [0.4, 0.5) is 0 Å². The van der Waals surface area contributed by atoms with Crippen LogP contribution in [0.2, 0.25) is 0 Å². The number of ether oxygens (including phenoxy) is 2. The molecule has 5 fully saturated rings. The molecule has 0 unspecified atom stereocenters. The second-order valence-electron chi connectivity index (χ2n) is 11.8. The molecular weight excluding hydrogens is 440 g/mol. The van der Waals surface area contributed by atoms with Crippen molar-refractivity contribution in [1.29, 1.82) is 0 Å². The molecule has 8 heteroatoms. The molecule has 186 valence electrons. The fourth-order valence-corrected chi connectivity index (χ4v) is 9.13. The van der Waals surface area contributed by atoms with E-state index in [0.717, 1.165) is 24.8 Å². The van der Waals surface area contributed by atoms with Crippen molar-refractivity contribution in [3.63, 3.8) is 0 Å². The molecule has 1 aromatic rings. The smallest absolute Gasteiger partial charge is 0.335 e. The van der Waals surface area contributed by atoms with Gasteiger partial charge < -0.3 is 29.2 Å². The van der Waals surface area contributed by atoms with E-state index in [1.54, 1.807) is 6.07 Å². The molecule has 1 saturated heterocycles. The minimum Gasteiger partial charge on any atom is -0.459 e. The largest absolute Gasteiger partial charge is 0.459 e. The summed E-state index contributed by atoms with van der Waals surface area (Å²) in [7, 11) is 0. The molecule has 1 spiro atoms. The molecule has 0 bridgehead atoms. The number of carbonyl (C=O) groups is 1. The Morgan fingerprint density at radius 1 is 1.09 bits per heavy atom. The quantitative estimate of drug-likeness (QED) is 0.437. The topological polar surface area (TPSA) is 130 Å². The lowest BCUT2D eigenvalue weighted by Crippen LogP contribution is -2.64. The average Bonchev–Trinajstić information content (AvgIpc) is 3.49. The first-order valence-corrected chi connectivity index (χ1v) is 12.5. The van der Waals surface area contributed by atoms with E-state index in [9.17, 15) is 24.9 Å². The maximum atomic E-state index is 12.1. The summed E-state index contributed by atoms with van der Waals surface area (Å²) < 4.78 is 17.5. The van der Waals surface area contributed by atoms with E-state index in [0.29, 0.717) is 12.8 Å². The highest BCUT2D eigenvalue weighted by atomic mass is 16.7. The number of fused-ring (bicyclic) bond motifs is 3. The van der Waals surface area contributed by atoms with E-state index in [1.165, 1.54) is 19.3 Å². The minimum absolute atomic E-state index is 0.0208. The average molecular weight is 475 g/mol. The lowest BCUT2D eigenvalue weighted by Gasteiger charge is -2.62. The Balaban J connectivity index is 1.44. The van der Waals surface area contributed by atoms with Gasteiger partial charge in [0.2, 0.25) is 0 Å². The van der Waals surface area contributed by atoms with Crippen molar-refractivity contribution in [2.75, 3.05) is 0 Å². The summed E-state index contributed by atoms with van der Waals surface area (Å²) in [5.41, 5.74) is -1.36. The lowest BCUT2D eigenvalue weighted by molar-refractivity contribution is -0.209. The van der Waals surface area contributed by atoms with Crippen LogP contribution >= 0.6 is 0 Å². The Morgan fingerprint density at radius 2 is 1.82 bits per heavy atom. The van der Waals surface area contributed by atoms with Crippen LogP contribution in [0.5, 0.6) is 0 Å². The third-order valence-electron chi connectivity index (χ3n) is 10.7. The minimum atomic E-state index is -0.754. The molecule has 12 atom stereocenters. The summed E-state index contributed by atoms with van der Waals surface area (Å²) in [4.78, 5) is 23.7. The molecule has 4 saturated carbocycles. The standard InChI is InChI=1S/C26H34O8/c1-12(27)33-22-20(13-4-7-19(30)32-11-13)25(3)18(29)10-16-14(26(25)23(22)34-26)5-6-15-21(31)17(28)8-9-24(15,16)2/h4,7,11,14-18,20-23,28-29,31H,5-6,8-10H2,1-3H3/t14-,15-,16+,17+,18+,20+,21-,22-,23-,24+,25-,26-/m1/s1. The van der Waals surface area contributed by atoms with E-state index in [-0.39, 0.29) is 35.2 Å². The third kappa shape index (κ3) is 2.63. The molecule has 0 radical (unpaired) electrons. The van der Waals surface area contributed by atoms with E-state index in [1.807, 2.05) is 6.92 Å². The van der Waals surface area contributed by atoms with Gasteiger partial charge in [0.25, 0.3) is 0 Å². The summed E-state index contributed by atoms with van der Waals surface area (Å²) in [6.07, 6.45) is 1.77. The van der Waals surface area contributed by atoms with Gasteiger partial charge in [0.15, 0.2) is 0 Å². The summed E-state index contributed by atoms with van der Waals surface area (Å²) >= 11 is 0. The van der Waals surface area contributed by atoms with Gasteiger partial charge in [-0.25, -0.2) is 4.79 Å². The molecule has 0 amide bonds. The number of hydrogen-bond donors (Lipinski definition) is 3. The highest BCUT2D eigenvalue weighted by molar-refractivity contribution is 5.67. The highest BCUT2D eigenvalue weighted by Crippen LogP contribution is 2.78. The van der Waals surface area contributed by atoms with Crippen LogP contribution in [0.15, 0.2) is 27.6 Å². The number of epoxide rings is 1. The number of rotatable bonds is 2. The first-order valence-electron chi connectivity index (χ1n) is 12.5. The Hall–Kier alpha value is -1.74. The van der Waals surface area contributed by atoms with E-state index < -0.39 is 47.0 Å². The van der Waals surface area contributed by atoms with Gasteiger partial charge in [-0.1, -0.05) is 13.8 Å². The first kappa shape index (κ1) is 22.7. The SMILES string of the molecule is CC(=O)O[C@H]1[C@H]2O[C@]23[C@@H]2CC[C@@H]4[C@@H](O)[C@@H](O)CC[C@]4(C)[C@H]2C[C@H](O)[C@]3(C)[C@H]1c1ccc(=O)oc1. The van der Waals surface area contributed by atoms with Crippen molar-refractivity contribution in [1.82, 2.24) is 0 Å². The zero-order chi connectivity index (χ0) is 24.2. The fourth-order valence-electron chi connectivity index (χ4n) is 9.13. The number of aliphatic hydroxyl groups excluding tert-OH is 3. The normalized spacial score (nSPS) is 53.2. The number of hydrogen-bond acceptors (Lipinski definition) is 8. The Labute approximate surface area is 198 Å². The predicted molar refractivity (Wildman–Crippen MR) is 119 cm³/mol. The molecule has 5 aliphatic rings. The number of carbonyl (C=O) groups excluding carboxylic acids is 1. The Morgan fingerprint density at radius 3 is 2.50 bits per heavy atom. The summed E-state index contributed by atoms with van der Waals surface area (Å²) in [6, 6.07) is 3.06. The number of aliphatic hydroxyl groups is 3. The van der Waals surface area contributed by atoms with Gasteiger partial charge in [0.05, 0.1) is 24.6 Å². The molecule has 3 N–H and O–H groups in total. The predicted octanol–water partition coefficient (Wildman–Crippen LogP) is 1.74. The van der Waals surface area contributed by atoms with Crippen LogP contribution in [0.1, 0.15) is 64.4 Å². The first-order chi connectivity index (χ1) is 16.1. The molecule has 2 heterocycles. The summed E-state index contributed by atoms with van der Waals surface area (Å²) in [5.74, 6) is -0.557. The Kier molecular flexibility index (Phi) is 4.78. The van der Waals surface area contributed by atoms with E-state index >= 15 is 0 Å². The molecular formula is C26H34O8. The molecule has 8 nitrogen and oxygen atoms in total.